The van der Waals surface area contributed by atoms with Gasteiger partial charge in [0.25, 0.3) is 11.6 Å². The fourth-order valence-corrected chi connectivity index (χ4v) is 2.64. The number of benzene rings is 1. The Morgan fingerprint density at radius 3 is 2.26 bits per heavy atom. The molecule has 0 fully saturated rings. The highest BCUT2D eigenvalue weighted by atomic mass is 19.1. The highest BCUT2D eigenvalue weighted by Crippen LogP contribution is 2.21. The van der Waals surface area contributed by atoms with Crippen LogP contribution >= 0.6 is 0 Å². The van der Waals surface area contributed by atoms with Crippen molar-refractivity contribution in [3.8, 4) is 11.8 Å². The summed E-state index contributed by atoms with van der Waals surface area (Å²) in [4.78, 5) is 28.4. The van der Waals surface area contributed by atoms with E-state index in [9.17, 15) is 18.4 Å². The summed E-state index contributed by atoms with van der Waals surface area (Å²) in [5.41, 5.74) is -0.515. The Balaban J connectivity index is 1.69. The fraction of sp³-hybridized carbons (Fsp3) is 0.353. The molecule has 2 heterocycles. The minimum Gasteiger partial charge on any atom is -0.487 e. The number of hydrogen-bond acceptors (Lipinski definition) is 5. The van der Waals surface area contributed by atoms with E-state index in [1.807, 2.05) is 0 Å². The van der Waals surface area contributed by atoms with Crippen molar-refractivity contribution in [2.75, 3.05) is 13.2 Å². The van der Waals surface area contributed by atoms with Crippen molar-refractivity contribution in [3.63, 3.8) is 0 Å². The quantitative estimate of drug-likeness (QED) is 0.599. The van der Waals surface area contributed by atoms with Gasteiger partial charge in [0.05, 0.1) is 13.2 Å². The largest absolute Gasteiger partial charge is 0.487 e. The average molecular weight is 380 g/mol. The summed E-state index contributed by atoms with van der Waals surface area (Å²) < 4.78 is 41.3. The molecule has 0 aliphatic heterocycles. The van der Waals surface area contributed by atoms with Gasteiger partial charge in [0.2, 0.25) is 0 Å². The van der Waals surface area contributed by atoms with Gasteiger partial charge >= 0.3 is 5.69 Å². The van der Waals surface area contributed by atoms with Crippen molar-refractivity contribution in [2.45, 2.75) is 6.42 Å². The summed E-state index contributed by atoms with van der Waals surface area (Å²) in [6.45, 7) is 0.170. The Morgan fingerprint density at radius 2 is 1.59 bits per heavy atom. The number of fused-ring (bicyclic) bond motifs is 1. The molecular formula is C17H18F2N4O4. The summed E-state index contributed by atoms with van der Waals surface area (Å²) >= 11 is 0. The van der Waals surface area contributed by atoms with Crippen molar-refractivity contribution >= 4 is 11.2 Å². The van der Waals surface area contributed by atoms with Crippen molar-refractivity contribution in [2.24, 2.45) is 21.1 Å². The number of aromatic nitrogens is 4. The number of nitrogens with zero attached hydrogens (tertiary/aromatic N) is 4. The third-order valence-corrected chi connectivity index (χ3v) is 4.12. The molecule has 3 aromatic rings. The number of rotatable bonds is 6. The number of aryl methyl sites for hydroxylation is 2. The normalized spacial score (nSPS) is 11.1. The van der Waals surface area contributed by atoms with Gasteiger partial charge in [-0.1, -0.05) is 6.07 Å². The first kappa shape index (κ1) is 18.6. The summed E-state index contributed by atoms with van der Waals surface area (Å²) in [5, 5.41) is 0. The van der Waals surface area contributed by atoms with Crippen LogP contribution < -0.4 is 20.7 Å². The van der Waals surface area contributed by atoms with E-state index in [1.165, 1.54) is 29.3 Å². The Morgan fingerprint density at radius 1 is 0.963 bits per heavy atom. The van der Waals surface area contributed by atoms with Crippen LogP contribution in [0.5, 0.6) is 11.8 Å². The highest BCUT2D eigenvalue weighted by Gasteiger charge is 2.17. The predicted molar refractivity (Wildman–Crippen MR) is 93.2 cm³/mol. The second kappa shape index (κ2) is 7.22. The van der Waals surface area contributed by atoms with Crippen LogP contribution in [0.2, 0.25) is 0 Å². The Bertz CT molecular complexity index is 1100. The zero-order chi connectivity index (χ0) is 19.7. The van der Waals surface area contributed by atoms with E-state index in [0.29, 0.717) is 6.42 Å². The predicted octanol–water partition coefficient (Wildman–Crippen LogP) is 1.10. The van der Waals surface area contributed by atoms with Gasteiger partial charge in [-0.25, -0.2) is 13.6 Å². The number of ether oxygens (including phenoxy) is 2. The molecule has 27 heavy (non-hydrogen) atoms. The third-order valence-electron chi connectivity index (χ3n) is 4.12. The van der Waals surface area contributed by atoms with Crippen LogP contribution in [-0.4, -0.2) is 31.9 Å². The van der Waals surface area contributed by atoms with E-state index in [2.05, 4.69) is 4.98 Å². The van der Waals surface area contributed by atoms with Crippen molar-refractivity contribution < 1.29 is 18.3 Å². The van der Waals surface area contributed by atoms with Crippen LogP contribution in [0.3, 0.4) is 0 Å². The lowest BCUT2D eigenvalue weighted by Crippen LogP contribution is -2.37. The molecule has 0 aliphatic rings. The van der Waals surface area contributed by atoms with Gasteiger partial charge in [0, 0.05) is 27.6 Å². The average Bonchev–Trinajstić information content (AvgIpc) is 2.97. The second-order valence-corrected chi connectivity index (χ2v) is 5.93. The molecule has 2 aromatic heterocycles. The number of hydrogen-bond donors (Lipinski definition) is 0. The fourth-order valence-electron chi connectivity index (χ4n) is 2.64. The molecule has 0 atom stereocenters. The van der Waals surface area contributed by atoms with Gasteiger partial charge in [-0.05, 0) is 12.1 Å². The monoisotopic (exact) mass is 380 g/mol. The van der Waals surface area contributed by atoms with Crippen LogP contribution in [0, 0.1) is 11.6 Å². The van der Waals surface area contributed by atoms with E-state index in [1.54, 1.807) is 7.05 Å². The standard InChI is InChI=1S/C17H18F2N4O4/c1-21-12-14(22(2)17(25)23(3)15(12)24)20-16(21)27-9-5-8-26-13-10(18)6-4-7-11(13)19/h4,6-7H,5,8-9H2,1-3H3. The van der Waals surface area contributed by atoms with E-state index >= 15 is 0 Å². The molecular weight excluding hydrogens is 362 g/mol. The lowest BCUT2D eigenvalue weighted by atomic mass is 10.3. The zero-order valence-electron chi connectivity index (χ0n) is 15.0. The molecule has 0 saturated carbocycles. The summed E-state index contributed by atoms with van der Waals surface area (Å²) in [5.74, 6) is -1.98. The van der Waals surface area contributed by atoms with Crippen molar-refractivity contribution in [1.29, 1.82) is 0 Å². The molecule has 0 saturated heterocycles. The lowest BCUT2D eigenvalue weighted by molar-refractivity contribution is 0.222. The van der Waals surface area contributed by atoms with Crippen LogP contribution in [0.15, 0.2) is 27.8 Å². The zero-order valence-corrected chi connectivity index (χ0v) is 15.0. The van der Waals surface area contributed by atoms with E-state index in [0.717, 1.165) is 16.7 Å². The summed E-state index contributed by atoms with van der Waals surface area (Å²) in [6.07, 6.45) is 0.327. The first-order chi connectivity index (χ1) is 12.8. The van der Waals surface area contributed by atoms with Crippen molar-refractivity contribution in [3.05, 3.63) is 50.7 Å². The highest BCUT2D eigenvalue weighted by molar-refractivity contribution is 5.71. The van der Waals surface area contributed by atoms with E-state index < -0.39 is 28.6 Å². The van der Waals surface area contributed by atoms with Gasteiger partial charge < -0.3 is 9.47 Å². The second-order valence-electron chi connectivity index (χ2n) is 5.93. The molecule has 8 nitrogen and oxygen atoms in total. The van der Waals surface area contributed by atoms with Crippen LogP contribution in [0.25, 0.3) is 11.2 Å². The molecule has 3 rings (SSSR count). The first-order valence-electron chi connectivity index (χ1n) is 8.15. The maximum atomic E-state index is 13.5. The van der Waals surface area contributed by atoms with Gasteiger partial charge in [-0.2, -0.15) is 4.98 Å². The van der Waals surface area contributed by atoms with Gasteiger partial charge in [-0.3, -0.25) is 18.5 Å². The first-order valence-corrected chi connectivity index (χ1v) is 8.15. The number of halogens is 2. The molecule has 10 heteroatoms. The maximum Gasteiger partial charge on any atom is 0.332 e. The Kier molecular flexibility index (Phi) is 4.98. The molecule has 0 radical (unpaired) electrons. The molecule has 0 N–H and O–H groups in total. The summed E-state index contributed by atoms with van der Waals surface area (Å²) in [6, 6.07) is 3.63. The molecule has 0 unspecified atom stereocenters. The smallest absolute Gasteiger partial charge is 0.332 e. The molecule has 0 aliphatic carbocycles. The number of imidazole rings is 1. The maximum absolute atomic E-state index is 13.5. The van der Waals surface area contributed by atoms with Gasteiger partial charge in [0.1, 0.15) is 0 Å². The van der Waals surface area contributed by atoms with E-state index in [4.69, 9.17) is 9.47 Å². The van der Waals surface area contributed by atoms with Gasteiger partial charge in [0.15, 0.2) is 28.5 Å². The molecule has 0 bridgehead atoms. The van der Waals surface area contributed by atoms with Gasteiger partial charge in [-0.15, -0.1) is 0 Å². The molecule has 0 amide bonds. The summed E-state index contributed by atoms with van der Waals surface area (Å²) in [7, 11) is 4.50. The minimum absolute atomic E-state index is 0.0298. The Labute approximate surface area is 152 Å². The molecule has 1 aromatic carbocycles. The van der Waals surface area contributed by atoms with E-state index in [-0.39, 0.29) is 30.4 Å². The number of para-hydroxylation sites is 1. The topological polar surface area (TPSA) is 80.3 Å². The van der Waals surface area contributed by atoms with Crippen LogP contribution in [-0.2, 0) is 21.1 Å². The Hall–Kier alpha value is -3.17. The van der Waals surface area contributed by atoms with Crippen LogP contribution in [0.4, 0.5) is 8.78 Å². The molecule has 0 spiro atoms. The minimum atomic E-state index is -0.775. The van der Waals surface area contributed by atoms with Crippen molar-refractivity contribution in [1.82, 2.24) is 18.7 Å². The molecule has 144 valence electrons. The van der Waals surface area contributed by atoms with Crippen LogP contribution in [0.1, 0.15) is 6.42 Å². The lowest BCUT2D eigenvalue weighted by Gasteiger charge is -2.09. The SMILES string of the molecule is Cn1c(=O)c2c(nc(OCCCOc3c(F)cccc3F)n2C)n(C)c1=O. The third kappa shape index (κ3) is 3.29.